The normalized spacial score (nSPS) is 17.3. The van der Waals surface area contributed by atoms with Crippen molar-refractivity contribution in [1.82, 2.24) is 4.90 Å². The molecule has 24 heavy (non-hydrogen) atoms. The van der Waals surface area contributed by atoms with Crippen molar-refractivity contribution in [2.24, 2.45) is 0 Å². The number of rotatable bonds is 3. The van der Waals surface area contributed by atoms with Gasteiger partial charge in [0, 0.05) is 18.2 Å². The van der Waals surface area contributed by atoms with E-state index in [4.69, 9.17) is 0 Å². The summed E-state index contributed by atoms with van der Waals surface area (Å²) >= 11 is 0. The van der Waals surface area contributed by atoms with Crippen molar-refractivity contribution >= 4 is 16.7 Å². The van der Waals surface area contributed by atoms with Crippen molar-refractivity contribution < 1.29 is 4.79 Å². The number of amides is 1. The summed E-state index contributed by atoms with van der Waals surface area (Å²) in [5.41, 5.74) is 2.11. The Balaban J connectivity index is 1.57. The van der Waals surface area contributed by atoms with Gasteiger partial charge >= 0.3 is 0 Å². The van der Waals surface area contributed by atoms with Crippen molar-refractivity contribution in [1.29, 1.82) is 0 Å². The highest BCUT2D eigenvalue weighted by atomic mass is 16.2. The minimum Gasteiger partial charge on any atom is -0.335 e. The number of fused-ring (bicyclic) bond motifs is 1. The summed E-state index contributed by atoms with van der Waals surface area (Å²) in [6.07, 6.45) is 3.13. The average Bonchev–Trinajstić information content (AvgIpc) is 3.09. The maximum Gasteiger partial charge on any atom is 0.254 e. The van der Waals surface area contributed by atoms with Crippen LogP contribution >= 0.6 is 0 Å². The van der Waals surface area contributed by atoms with Gasteiger partial charge in [0.15, 0.2) is 0 Å². The molecule has 0 spiro atoms. The Labute approximate surface area is 142 Å². The smallest absolute Gasteiger partial charge is 0.254 e. The topological polar surface area (TPSA) is 20.3 Å². The van der Waals surface area contributed by atoms with Gasteiger partial charge in [-0.3, -0.25) is 4.79 Å². The lowest BCUT2D eigenvalue weighted by Crippen LogP contribution is -2.36. The van der Waals surface area contributed by atoms with E-state index in [-0.39, 0.29) is 5.91 Å². The van der Waals surface area contributed by atoms with E-state index in [1.54, 1.807) is 0 Å². The molecule has 1 heterocycles. The zero-order valence-corrected chi connectivity index (χ0v) is 13.7. The predicted molar refractivity (Wildman–Crippen MR) is 98.2 cm³/mol. The minimum atomic E-state index is 0.166. The summed E-state index contributed by atoms with van der Waals surface area (Å²) in [7, 11) is 0. The van der Waals surface area contributed by atoms with Crippen molar-refractivity contribution in [2.45, 2.75) is 25.3 Å². The van der Waals surface area contributed by atoms with Gasteiger partial charge in [-0.05, 0) is 47.7 Å². The van der Waals surface area contributed by atoms with Crippen LogP contribution < -0.4 is 0 Å². The Morgan fingerprint density at radius 3 is 2.50 bits per heavy atom. The Hall–Kier alpha value is -2.61. The molecule has 0 aromatic heterocycles. The summed E-state index contributed by atoms with van der Waals surface area (Å²) in [5, 5.41) is 2.30. The van der Waals surface area contributed by atoms with E-state index in [1.165, 1.54) is 10.9 Å². The summed E-state index contributed by atoms with van der Waals surface area (Å²) in [5.74, 6) is 0.166. The van der Waals surface area contributed by atoms with Gasteiger partial charge < -0.3 is 4.90 Å². The lowest BCUT2D eigenvalue weighted by molar-refractivity contribution is 0.0736. The van der Waals surface area contributed by atoms with E-state index >= 15 is 0 Å². The lowest BCUT2D eigenvalue weighted by atomic mass is 10.0. The van der Waals surface area contributed by atoms with Gasteiger partial charge in [-0.1, -0.05) is 60.7 Å². The van der Waals surface area contributed by atoms with Crippen LogP contribution in [0.1, 0.15) is 28.8 Å². The largest absolute Gasteiger partial charge is 0.335 e. The quantitative estimate of drug-likeness (QED) is 0.687. The Morgan fingerprint density at radius 2 is 1.67 bits per heavy atom. The zero-order chi connectivity index (χ0) is 16.4. The van der Waals surface area contributed by atoms with Gasteiger partial charge in [-0.25, -0.2) is 0 Å². The molecular formula is C22H21NO. The number of carbonyl (C=O) groups excluding carboxylic acids is 1. The van der Waals surface area contributed by atoms with Crippen LogP contribution in [-0.2, 0) is 6.42 Å². The Bertz CT molecular complexity index is 856. The average molecular weight is 315 g/mol. The molecule has 3 aromatic rings. The molecule has 4 rings (SSSR count). The second-order valence-corrected chi connectivity index (χ2v) is 6.55. The second kappa shape index (κ2) is 6.48. The SMILES string of the molecule is O=C(c1ccc2ccccc2c1)N1CCCC1Cc1ccccc1. The molecule has 0 saturated carbocycles. The van der Waals surface area contributed by atoms with Crippen LogP contribution in [0.4, 0.5) is 0 Å². The fourth-order valence-electron chi connectivity index (χ4n) is 3.69. The van der Waals surface area contributed by atoms with Crippen molar-refractivity contribution in [2.75, 3.05) is 6.54 Å². The van der Waals surface area contributed by atoms with Crippen LogP contribution in [-0.4, -0.2) is 23.4 Å². The lowest BCUT2D eigenvalue weighted by Gasteiger charge is -2.25. The van der Waals surface area contributed by atoms with E-state index in [0.29, 0.717) is 6.04 Å². The monoisotopic (exact) mass is 315 g/mol. The fraction of sp³-hybridized carbons (Fsp3) is 0.227. The zero-order valence-electron chi connectivity index (χ0n) is 13.7. The van der Waals surface area contributed by atoms with Crippen LogP contribution in [0.3, 0.4) is 0 Å². The third-order valence-corrected chi connectivity index (χ3v) is 4.95. The van der Waals surface area contributed by atoms with E-state index < -0.39 is 0 Å². The van der Waals surface area contributed by atoms with E-state index in [9.17, 15) is 4.79 Å². The molecule has 1 aliphatic heterocycles. The number of hydrogen-bond acceptors (Lipinski definition) is 1. The number of likely N-dealkylation sites (tertiary alicyclic amines) is 1. The van der Waals surface area contributed by atoms with Crippen LogP contribution in [0.2, 0.25) is 0 Å². The standard InChI is InChI=1S/C22H21NO/c24-22(20-13-12-18-9-4-5-10-19(18)16-20)23-14-6-11-21(23)15-17-7-2-1-3-8-17/h1-5,7-10,12-13,16,21H,6,11,14-15H2. The number of nitrogens with zero attached hydrogens (tertiary/aromatic N) is 1. The van der Waals surface area contributed by atoms with Crippen LogP contribution in [0.15, 0.2) is 72.8 Å². The van der Waals surface area contributed by atoms with Crippen LogP contribution in [0, 0.1) is 0 Å². The van der Waals surface area contributed by atoms with Gasteiger partial charge in [-0.15, -0.1) is 0 Å². The highest BCUT2D eigenvalue weighted by Gasteiger charge is 2.29. The van der Waals surface area contributed by atoms with Crippen LogP contribution in [0.25, 0.3) is 10.8 Å². The molecule has 0 aliphatic carbocycles. The fourth-order valence-corrected chi connectivity index (χ4v) is 3.69. The first-order valence-corrected chi connectivity index (χ1v) is 8.65. The maximum atomic E-state index is 13.0. The molecule has 0 radical (unpaired) electrons. The molecule has 1 saturated heterocycles. The van der Waals surface area contributed by atoms with E-state index in [1.807, 2.05) is 36.4 Å². The number of benzene rings is 3. The van der Waals surface area contributed by atoms with Crippen molar-refractivity contribution in [3.05, 3.63) is 83.9 Å². The van der Waals surface area contributed by atoms with E-state index in [0.717, 1.165) is 36.8 Å². The highest BCUT2D eigenvalue weighted by Crippen LogP contribution is 2.25. The van der Waals surface area contributed by atoms with Gasteiger partial charge in [0.1, 0.15) is 0 Å². The first kappa shape index (κ1) is 14.9. The third-order valence-electron chi connectivity index (χ3n) is 4.95. The molecule has 0 N–H and O–H groups in total. The molecule has 1 atom stereocenters. The van der Waals surface area contributed by atoms with Crippen LogP contribution in [0.5, 0.6) is 0 Å². The summed E-state index contributed by atoms with van der Waals surface area (Å²) < 4.78 is 0. The van der Waals surface area contributed by atoms with Gasteiger partial charge in [-0.2, -0.15) is 0 Å². The molecule has 1 unspecified atom stereocenters. The first-order chi connectivity index (χ1) is 11.8. The van der Waals surface area contributed by atoms with E-state index in [2.05, 4.69) is 41.3 Å². The molecule has 1 amide bonds. The van der Waals surface area contributed by atoms with Gasteiger partial charge in [0.25, 0.3) is 5.91 Å². The predicted octanol–water partition coefficient (Wildman–Crippen LogP) is 4.69. The molecule has 0 bridgehead atoms. The molecule has 120 valence electrons. The molecule has 2 nitrogen and oxygen atoms in total. The Kier molecular flexibility index (Phi) is 4.04. The van der Waals surface area contributed by atoms with Crippen molar-refractivity contribution in [3.8, 4) is 0 Å². The molecule has 2 heteroatoms. The van der Waals surface area contributed by atoms with Gasteiger partial charge in [0.2, 0.25) is 0 Å². The summed E-state index contributed by atoms with van der Waals surface area (Å²) in [6.45, 7) is 0.864. The molecule has 1 aliphatic rings. The minimum absolute atomic E-state index is 0.166. The third kappa shape index (κ3) is 2.92. The second-order valence-electron chi connectivity index (χ2n) is 6.55. The molecule has 3 aromatic carbocycles. The maximum absolute atomic E-state index is 13.0. The molecular weight excluding hydrogens is 294 g/mol. The summed E-state index contributed by atoms with van der Waals surface area (Å²) in [6, 6.07) is 25.0. The highest BCUT2D eigenvalue weighted by molar-refractivity contribution is 5.98. The number of carbonyl (C=O) groups is 1. The van der Waals surface area contributed by atoms with Gasteiger partial charge in [0.05, 0.1) is 0 Å². The number of hydrogen-bond donors (Lipinski definition) is 0. The summed E-state index contributed by atoms with van der Waals surface area (Å²) in [4.78, 5) is 15.1. The first-order valence-electron chi connectivity index (χ1n) is 8.65. The Morgan fingerprint density at radius 1 is 0.917 bits per heavy atom. The molecule has 1 fully saturated rings. The van der Waals surface area contributed by atoms with Crippen molar-refractivity contribution in [3.63, 3.8) is 0 Å².